The van der Waals surface area contributed by atoms with Gasteiger partial charge in [-0.3, -0.25) is 0 Å². The lowest BCUT2D eigenvalue weighted by Crippen LogP contribution is -2.50. The minimum atomic E-state index is -3.37. The van der Waals surface area contributed by atoms with Crippen molar-refractivity contribution in [1.29, 1.82) is 0 Å². The van der Waals surface area contributed by atoms with Gasteiger partial charge in [-0.25, -0.2) is 13.2 Å². The van der Waals surface area contributed by atoms with Crippen molar-refractivity contribution in [3.63, 3.8) is 0 Å². The number of aliphatic hydroxyl groups excluding tert-OH is 1. The van der Waals surface area contributed by atoms with Gasteiger partial charge in [0.25, 0.3) is 0 Å². The van der Waals surface area contributed by atoms with Gasteiger partial charge in [-0.05, 0) is 39.0 Å². The molecule has 1 aromatic carbocycles. The normalized spacial score (nSPS) is 16.5. The van der Waals surface area contributed by atoms with Crippen LogP contribution in [0.4, 0.5) is 16.2 Å². The van der Waals surface area contributed by atoms with E-state index in [0.29, 0.717) is 31.9 Å². The van der Waals surface area contributed by atoms with E-state index in [1.54, 1.807) is 23.1 Å². The highest BCUT2D eigenvalue weighted by atomic mass is 35.5. The molecular weight excluding hydrogens is 418 g/mol. The number of halogens is 1. The molecule has 0 bridgehead atoms. The van der Waals surface area contributed by atoms with Gasteiger partial charge in [0.1, 0.15) is 5.60 Å². The second-order valence-corrected chi connectivity index (χ2v) is 10.4. The van der Waals surface area contributed by atoms with Gasteiger partial charge in [-0.15, -0.1) is 11.6 Å². The molecule has 164 valence electrons. The minimum Gasteiger partial charge on any atom is -0.444 e. The summed E-state index contributed by atoms with van der Waals surface area (Å²) >= 11 is 5.66. The van der Waals surface area contributed by atoms with E-state index >= 15 is 0 Å². The standard InChI is InChI=1S/C19H30ClN3O5S/c1-19(2,3)28-18(25)23-9-7-22(8-10-23)17-6-5-15(29(4,26)27)11-16(17)21-13-14(24)12-20/h5-6,11,14,21,24H,7-10,12-13H2,1-4H3. The summed E-state index contributed by atoms with van der Waals surface area (Å²) in [6, 6.07) is 4.87. The monoisotopic (exact) mass is 447 g/mol. The van der Waals surface area contributed by atoms with Crippen LogP contribution in [-0.4, -0.2) is 81.1 Å². The minimum absolute atomic E-state index is 0.0721. The predicted molar refractivity (Wildman–Crippen MR) is 115 cm³/mol. The number of carbonyl (C=O) groups is 1. The summed E-state index contributed by atoms with van der Waals surface area (Å²) < 4.78 is 29.3. The van der Waals surface area contributed by atoms with Crippen LogP contribution in [0.1, 0.15) is 20.8 Å². The molecule has 1 aliphatic heterocycles. The van der Waals surface area contributed by atoms with Crippen LogP contribution in [0.25, 0.3) is 0 Å². The number of carbonyl (C=O) groups excluding carboxylic acids is 1. The molecule has 1 aliphatic rings. The molecule has 1 unspecified atom stereocenters. The Morgan fingerprint density at radius 1 is 1.28 bits per heavy atom. The molecule has 1 atom stereocenters. The Balaban J connectivity index is 2.16. The van der Waals surface area contributed by atoms with Gasteiger partial charge in [0.05, 0.1) is 28.3 Å². The highest BCUT2D eigenvalue weighted by Crippen LogP contribution is 2.30. The fourth-order valence-corrected chi connectivity index (χ4v) is 3.66. The van der Waals surface area contributed by atoms with Crippen molar-refractivity contribution < 1.29 is 23.1 Å². The number of piperazine rings is 1. The molecule has 1 amide bonds. The fourth-order valence-electron chi connectivity index (χ4n) is 2.90. The number of amides is 1. The highest BCUT2D eigenvalue weighted by Gasteiger charge is 2.27. The maximum atomic E-state index is 12.3. The number of aliphatic hydroxyl groups is 1. The number of nitrogens with one attached hydrogen (secondary N) is 1. The van der Waals surface area contributed by atoms with Crippen molar-refractivity contribution in [3.05, 3.63) is 18.2 Å². The quantitative estimate of drug-likeness (QED) is 0.644. The molecule has 29 heavy (non-hydrogen) atoms. The van der Waals surface area contributed by atoms with Crippen LogP contribution in [0.15, 0.2) is 23.1 Å². The first kappa shape index (κ1) is 23.6. The molecule has 1 fully saturated rings. The Kier molecular flexibility index (Phi) is 7.64. The number of ether oxygens (including phenoxy) is 1. The van der Waals surface area contributed by atoms with Gasteiger partial charge in [-0.2, -0.15) is 0 Å². The van der Waals surface area contributed by atoms with E-state index < -0.39 is 21.5 Å². The predicted octanol–water partition coefficient (Wildman–Crippen LogP) is 2.16. The number of nitrogens with zero attached hydrogens (tertiary/aromatic N) is 2. The van der Waals surface area contributed by atoms with Crippen LogP contribution in [-0.2, 0) is 14.6 Å². The summed E-state index contributed by atoms with van der Waals surface area (Å²) in [5, 5.41) is 12.8. The van der Waals surface area contributed by atoms with E-state index in [0.717, 1.165) is 11.9 Å². The van der Waals surface area contributed by atoms with Gasteiger partial charge in [-0.1, -0.05) is 0 Å². The average Bonchev–Trinajstić information content (AvgIpc) is 2.64. The number of hydrogen-bond acceptors (Lipinski definition) is 7. The van der Waals surface area contributed by atoms with Crippen LogP contribution in [0, 0.1) is 0 Å². The van der Waals surface area contributed by atoms with Crippen molar-refractivity contribution in [2.75, 3.05) is 55.1 Å². The molecule has 1 saturated heterocycles. The van der Waals surface area contributed by atoms with Crippen molar-refractivity contribution in [2.45, 2.75) is 37.4 Å². The van der Waals surface area contributed by atoms with Crippen molar-refractivity contribution in [2.24, 2.45) is 0 Å². The molecule has 0 spiro atoms. The SMILES string of the molecule is CC(C)(C)OC(=O)N1CCN(c2ccc(S(C)(=O)=O)cc2NCC(O)CCl)CC1. The summed E-state index contributed by atoms with van der Waals surface area (Å²) in [5.41, 5.74) is 0.863. The van der Waals surface area contributed by atoms with E-state index in [1.165, 1.54) is 0 Å². The maximum absolute atomic E-state index is 12.3. The van der Waals surface area contributed by atoms with Crippen LogP contribution < -0.4 is 10.2 Å². The molecule has 1 heterocycles. The lowest BCUT2D eigenvalue weighted by atomic mass is 10.2. The zero-order chi connectivity index (χ0) is 21.8. The third-order valence-electron chi connectivity index (χ3n) is 4.37. The topological polar surface area (TPSA) is 99.2 Å². The Bertz CT molecular complexity index is 818. The maximum Gasteiger partial charge on any atom is 0.410 e. The van der Waals surface area contributed by atoms with Crippen LogP contribution in [0.2, 0.25) is 0 Å². The Morgan fingerprint density at radius 2 is 1.90 bits per heavy atom. The van der Waals surface area contributed by atoms with Gasteiger partial charge in [0, 0.05) is 39.0 Å². The van der Waals surface area contributed by atoms with E-state index in [4.69, 9.17) is 16.3 Å². The summed E-state index contributed by atoms with van der Waals surface area (Å²) in [4.78, 5) is 16.2. The van der Waals surface area contributed by atoms with Crippen LogP contribution in [0.3, 0.4) is 0 Å². The Hall–Kier alpha value is -1.71. The third kappa shape index (κ3) is 6.94. The zero-order valence-electron chi connectivity index (χ0n) is 17.3. The second-order valence-electron chi connectivity index (χ2n) is 8.09. The summed E-state index contributed by atoms with van der Waals surface area (Å²) in [6.07, 6.45) is 0.0579. The van der Waals surface area contributed by atoms with Crippen LogP contribution >= 0.6 is 11.6 Å². The number of alkyl halides is 1. The number of hydrogen-bond donors (Lipinski definition) is 2. The van der Waals surface area contributed by atoms with Crippen molar-refractivity contribution in [3.8, 4) is 0 Å². The van der Waals surface area contributed by atoms with E-state index in [-0.39, 0.29) is 23.4 Å². The smallest absolute Gasteiger partial charge is 0.410 e. The number of sulfone groups is 1. The van der Waals surface area contributed by atoms with E-state index in [9.17, 15) is 18.3 Å². The third-order valence-corrected chi connectivity index (χ3v) is 5.84. The van der Waals surface area contributed by atoms with Crippen molar-refractivity contribution >= 4 is 38.9 Å². The largest absolute Gasteiger partial charge is 0.444 e. The molecule has 10 heteroatoms. The molecule has 0 aromatic heterocycles. The molecule has 0 radical (unpaired) electrons. The second kappa shape index (κ2) is 9.40. The van der Waals surface area contributed by atoms with Crippen LogP contribution in [0.5, 0.6) is 0 Å². The number of rotatable bonds is 6. The summed E-state index contributed by atoms with van der Waals surface area (Å²) in [5.74, 6) is 0.0721. The van der Waals surface area contributed by atoms with Crippen molar-refractivity contribution in [1.82, 2.24) is 4.90 Å². The summed E-state index contributed by atoms with van der Waals surface area (Å²) in [6.45, 7) is 7.82. The first-order valence-corrected chi connectivity index (χ1v) is 11.9. The molecule has 0 aliphatic carbocycles. The van der Waals surface area contributed by atoms with Gasteiger partial charge >= 0.3 is 6.09 Å². The van der Waals surface area contributed by atoms with Gasteiger partial charge in [0.15, 0.2) is 9.84 Å². The lowest BCUT2D eigenvalue weighted by molar-refractivity contribution is 0.0240. The van der Waals surface area contributed by atoms with E-state index in [1.807, 2.05) is 20.8 Å². The van der Waals surface area contributed by atoms with E-state index in [2.05, 4.69) is 10.2 Å². The first-order valence-electron chi connectivity index (χ1n) is 9.45. The molecule has 1 aromatic rings. The number of anilines is 2. The Morgan fingerprint density at radius 3 is 2.41 bits per heavy atom. The number of benzene rings is 1. The molecule has 0 saturated carbocycles. The van der Waals surface area contributed by atoms with Gasteiger partial charge in [0.2, 0.25) is 0 Å². The zero-order valence-corrected chi connectivity index (χ0v) is 18.9. The molecular formula is C19H30ClN3O5S. The summed E-state index contributed by atoms with van der Waals surface area (Å²) in [7, 11) is -3.37. The first-order chi connectivity index (χ1) is 13.4. The lowest BCUT2D eigenvalue weighted by Gasteiger charge is -2.37. The average molecular weight is 448 g/mol. The molecule has 8 nitrogen and oxygen atoms in total. The molecule has 2 N–H and O–H groups in total. The fraction of sp³-hybridized carbons (Fsp3) is 0.632. The Labute approximate surface area is 177 Å². The highest BCUT2D eigenvalue weighted by molar-refractivity contribution is 7.90. The molecule has 2 rings (SSSR count). The van der Waals surface area contributed by atoms with Gasteiger partial charge < -0.3 is 25.0 Å².